The number of halogens is 2. The van der Waals surface area contributed by atoms with E-state index in [9.17, 15) is 13.6 Å². The van der Waals surface area contributed by atoms with Crippen LogP contribution in [-0.2, 0) is 22.6 Å². The zero-order chi connectivity index (χ0) is 36.1. The first kappa shape index (κ1) is 36.1. The molecule has 0 aliphatic heterocycles. The first-order valence-electron chi connectivity index (χ1n) is 17.1. The van der Waals surface area contributed by atoms with E-state index in [1.165, 1.54) is 24.3 Å². The zero-order valence-corrected chi connectivity index (χ0v) is 28.6. The maximum atomic E-state index is 14.1. The molecule has 5 aromatic carbocycles. The highest BCUT2D eigenvalue weighted by Crippen LogP contribution is 2.37. The molecule has 0 radical (unpaired) electrons. The van der Waals surface area contributed by atoms with Gasteiger partial charge in [-0.1, -0.05) is 42.5 Å². The van der Waals surface area contributed by atoms with Crippen molar-refractivity contribution >= 4 is 5.91 Å². The second-order valence-electron chi connectivity index (χ2n) is 12.0. The molecule has 52 heavy (non-hydrogen) atoms. The Kier molecular flexibility index (Phi) is 12.5. The van der Waals surface area contributed by atoms with Crippen molar-refractivity contribution in [3.8, 4) is 39.7 Å². The Morgan fingerprint density at radius 1 is 0.673 bits per heavy atom. The number of nitrogens with one attached hydrogen (secondary N) is 1. The molecule has 0 atom stereocenters. The van der Waals surface area contributed by atoms with Crippen LogP contribution in [0.5, 0.6) is 5.75 Å². The summed E-state index contributed by atoms with van der Waals surface area (Å²) in [4.78, 5) is 18.0. The molecule has 0 saturated carbocycles. The standard InChI is InChI=1S/C42H40F2N4O4/c43-36-16-10-32(11-17-36)39-40(33-12-18-37(44)19-13-33)48(41(47-39)34-14-20-38(21-15-34)52-29-31-4-2-1-3-5-31)28-30-6-8-35(9-7-30)42(49)46-23-25-51-27-26-50-24-22-45/h1-21H,22-29,45H2,(H,46,49). The number of ether oxygens (including phenoxy) is 3. The van der Waals surface area contributed by atoms with Gasteiger partial charge in [0, 0.05) is 41.9 Å². The van der Waals surface area contributed by atoms with Crippen LogP contribution >= 0.6 is 0 Å². The number of imidazole rings is 1. The van der Waals surface area contributed by atoms with Gasteiger partial charge in [0.05, 0.1) is 37.8 Å². The Morgan fingerprint density at radius 2 is 1.29 bits per heavy atom. The van der Waals surface area contributed by atoms with E-state index in [-0.39, 0.29) is 17.5 Å². The first-order chi connectivity index (χ1) is 25.5. The van der Waals surface area contributed by atoms with Crippen LogP contribution in [0.4, 0.5) is 8.78 Å². The van der Waals surface area contributed by atoms with Crippen LogP contribution in [0.15, 0.2) is 127 Å². The molecule has 266 valence electrons. The van der Waals surface area contributed by atoms with Crippen molar-refractivity contribution in [2.24, 2.45) is 5.73 Å². The van der Waals surface area contributed by atoms with Crippen molar-refractivity contribution in [1.82, 2.24) is 14.9 Å². The molecule has 0 spiro atoms. The number of carbonyl (C=O) groups excluding carboxylic acids is 1. The predicted molar refractivity (Wildman–Crippen MR) is 198 cm³/mol. The van der Waals surface area contributed by atoms with Crippen molar-refractivity contribution in [1.29, 1.82) is 0 Å². The van der Waals surface area contributed by atoms with Crippen LogP contribution in [-0.4, -0.2) is 55.0 Å². The molecule has 8 nitrogen and oxygen atoms in total. The Morgan fingerprint density at radius 3 is 1.94 bits per heavy atom. The number of aromatic nitrogens is 2. The fourth-order valence-corrected chi connectivity index (χ4v) is 5.67. The number of rotatable bonds is 17. The molecule has 0 unspecified atom stereocenters. The van der Waals surface area contributed by atoms with E-state index in [0.29, 0.717) is 81.1 Å². The fourth-order valence-electron chi connectivity index (χ4n) is 5.67. The Hall–Kier alpha value is -5.68. The lowest BCUT2D eigenvalue weighted by Gasteiger charge is -2.15. The number of amides is 1. The molecule has 3 N–H and O–H groups in total. The van der Waals surface area contributed by atoms with Crippen molar-refractivity contribution < 1.29 is 27.8 Å². The van der Waals surface area contributed by atoms with Crippen LogP contribution < -0.4 is 15.8 Å². The topological polar surface area (TPSA) is 101 Å². The minimum atomic E-state index is -0.360. The highest BCUT2D eigenvalue weighted by atomic mass is 19.1. The van der Waals surface area contributed by atoms with Gasteiger partial charge in [0.15, 0.2) is 0 Å². The van der Waals surface area contributed by atoms with Crippen molar-refractivity contribution in [3.05, 3.63) is 156 Å². The third-order valence-electron chi connectivity index (χ3n) is 8.29. The molecule has 1 heterocycles. The molecule has 0 aliphatic carbocycles. The lowest BCUT2D eigenvalue weighted by molar-refractivity contribution is 0.0511. The summed E-state index contributed by atoms with van der Waals surface area (Å²) in [5.41, 5.74) is 11.5. The number of nitrogens with zero attached hydrogens (tertiary/aromatic N) is 2. The first-order valence-corrected chi connectivity index (χ1v) is 17.1. The number of carbonyl (C=O) groups is 1. The summed E-state index contributed by atoms with van der Waals surface area (Å²) in [6.07, 6.45) is 0. The van der Waals surface area contributed by atoms with Gasteiger partial charge in [-0.15, -0.1) is 0 Å². The minimum Gasteiger partial charge on any atom is -0.489 e. The summed E-state index contributed by atoms with van der Waals surface area (Å²) in [5.74, 6) is 0.436. The summed E-state index contributed by atoms with van der Waals surface area (Å²) < 4.78 is 47.1. The maximum Gasteiger partial charge on any atom is 0.251 e. The third kappa shape index (κ3) is 9.55. The Bertz CT molecular complexity index is 2020. The largest absolute Gasteiger partial charge is 0.489 e. The molecular weight excluding hydrogens is 662 g/mol. The summed E-state index contributed by atoms with van der Waals surface area (Å²) in [5, 5.41) is 2.88. The summed E-state index contributed by atoms with van der Waals surface area (Å²) in [6.45, 7) is 3.37. The van der Waals surface area contributed by atoms with Gasteiger partial charge in [-0.3, -0.25) is 4.79 Å². The smallest absolute Gasteiger partial charge is 0.251 e. The molecule has 10 heteroatoms. The average molecular weight is 703 g/mol. The molecule has 1 aromatic heterocycles. The van der Waals surface area contributed by atoms with Gasteiger partial charge >= 0.3 is 0 Å². The number of nitrogens with two attached hydrogens (primary N) is 1. The second kappa shape index (κ2) is 18.0. The van der Waals surface area contributed by atoms with Gasteiger partial charge < -0.3 is 29.8 Å². The number of hydrogen-bond acceptors (Lipinski definition) is 6. The quantitative estimate of drug-likeness (QED) is 0.0955. The monoisotopic (exact) mass is 702 g/mol. The van der Waals surface area contributed by atoms with E-state index < -0.39 is 0 Å². The molecular formula is C42H40F2N4O4. The van der Waals surface area contributed by atoms with Gasteiger partial charge in [0.25, 0.3) is 5.91 Å². The van der Waals surface area contributed by atoms with E-state index in [4.69, 9.17) is 24.9 Å². The van der Waals surface area contributed by atoms with Gasteiger partial charge in [-0.25, -0.2) is 13.8 Å². The average Bonchev–Trinajstić information content (AvgIpc) is 3.55. The van der Waals surface area contributed by atoms with Crippen LogP contribution in [0.3, 0.4) is 0 Å². The van der Waals surface area contributed by atoms with Crippen molar-refractivity contribution in [2.45, 2.75) is 13.2 Å². The van der Waals surface area contributed by atoms with Gasteiger partial charge in [0.2, 0.25) is 0 Å². The summed E-state index contributed by atoms with van der Waals surface area (Å²) in [7, 11) is 0. The lowest BCUT2D eigenvalue weighted by Crippen LogP contribution is -2.27. The van der Waals surface area contributed by atoms with E-state index in [0.717, 1.165) is 27.9 Å². The summed E-state index contributed by atoms with van der Waals surface area (Å²) >= 11 is 0. The molecule has 0 fully saturated rings. The zero-order valence-electron chi connectivity index (χ0n) is 28.6. The summed E-state index contributed by atoms with van der Waals surface area (Å²) in [6, 6.07) is 37.4. The SMILES string of the molecule is NCCOCCOCCNC(=O)c1ccc(Cn2c(-c3ccc(OCc4ccccc4)cc3)nc(-c3ccc(F)cc3)c2-c2ccc(F)cc2)cc1. The lowest BCUT2D eigenvalue weighted by atomic mass is 10.0. The van der Waals surface area contributed by atoms with Crippen LogP contribution in [0.1, 0.15) is 21.5 Å². The van der Waals surface area contributed by atoms with E-state index in [2.05, 4.69) is 9.88 Å². The predicted octanol–water partition coefficient (Wildman–Crippen LogP) is 7.51. The van der Waals surface area contributed by atoms with Crippen LogP contribution in [0, 0.1) is 11.6 Å². The Labute approximate surface area is 301 Å². The number of hydrogen-bond donors (Lipinski definition) is 2. The molecule has 0 aliphatic rings. The molecule has 0 saturated heterocycles. The van der Waals surface area contributed by atoms with Crippen molar-refractivity contribution in [2.75, 3.05) is 39.5 Å². The van der Waals surface area contributed by atoms with Gasteiger partial charge in [-0.05, 0) is 96.1 Å². The second-order valence-corrected chi connectivity index (χ2v) is 12.0. The maximum absolute atomic E-state index is 14.1. The minimum absolute atomic E-state index is 0.210. The van der Waals surface area contributed by atoms with Gasteiger partial charge in [0.1, 0.15) is 29.8 Å². The van der Waals surface area contributed by atoms with E-state index >= 15 is 0 Å². The van der Waals surface area contributed by atoms with Crippen LogP contribution in [0.2, 0.25) is 0 Å². The van der Waals surface area contributed by atoms with Gasteiger partial charge in [-0.2, -0.15) is 0 Å². The molecule has 6 rings (SSSR count). The Balaban J connectivity index is 1.28. The molecule has 0 bridgehead atoms. The molecule has 1 amide bonds. The van der Waals surface area contributed by atoms with E-state index in [1.54, 1.807) is 36.4 Å². The highest BCUT2D eigenvalue weighted by Gasteiger charge is 2.22. The number of benzene rings is 5. The van der Waals surface area contributed by atoms with Crippen LogP contribution in [0.25, 0.3) is 33.9 Å². The third-order valence-corrected chi connectivity index (χ3v) is 8.29. The molecule has 6 aromatic rings. The van der Waals surface area contributed by atoms with Crippen molar-refractivity contribution in [3.63, 3.8) is 0 Å². The van der Waals surface area contributed by atoms with E-state index in [1.807, 2.05) is 66.7 Å². The fraction of sp³-hybridized carbons (Fsp3) is 0.190. The highest BCUT2D eigenvalue weighted by molar-refractivity contribution is 5.94. The normalized spacial score (nSPS) is 11.1.